The summed E-state index contributed by atoms with van der Waals surface area (Å²) in [6.45, 7) is 3.56. The number of aryl methyl sites for hydroxylation is 1. The molecule has 2 amide bonds. The minimum Gasteiger partial charge on any atom is -0.493 e. The van der Waals surface area contributed by atoms with Crippen LogP contribution in [0.5, 0.6) is 11.5 Å². The minimum atomic E-state index is -0.324. The lowest BCUT2D eigenvalue weighted by Crippen LogP contribution is -2.21. The molecule has 1 N–H and O–H groups in total. The Hall–Kier alpha value is -4.90. The van der Waals surface area contributed by atoms with Gasteiger partial charge >= 0.3 is 0 Å². The molecule has 0 aromatic heterocycles. The molecule has 4 rings (SSSR count). The molecule has 0 unspecified atom stereocenters. The molecule has 8 nitrogen and oxygen atoms in total. The van der Waals surface area contributed by atoms with Crippen molar-refractivity contribution < 1.29 is 19.1 Å². The smallest absolute Gasteiger partial charge is 0.280 e. The fourth-order valence-corrected chi connectivity index (χ4v) is 3.81. The van der Waals surface area contributed by atoms with E-state index in [-0.39, 0.29) is 18.4 Å². The van der Waals surface area contributed by atoms with Crippen LogP contribution in [-0.4, -0.2) is 31.2 Å². The number of hydrogen-bond donors (Lipinski definition) is 1. The molecular weight excluding hydrogens is 468 g/mol. The van der Waals surface area contributed by atoms with Crippen molar-refractivity contribution in [3.63, 3.8) is 0 Å². The van der Waals surface area contributed by atoms with Gasteiger partial charge in [0, 0.05) is 11.3 Å². The second-order valence-corrected chi connectivity index (χ2v) is 8.29. The van der Waals surface area contributed by atoms with E-state index in [1.807, 2.05) is 24.3 Å². The lowest BCUT2D eigenvalue weighted by Gasteiger charge is -2.14. The fraction of sp³-hybridized carbons (Fsp3) is 0.172. The number of carbonyl (C=O) groups excluding carboxylic acids is 2. The lowest BCUT2D eigenvalue weighted by molar-refractivity contribution is -0.118. The highest BCUT2D eigenvalue weighted by Crippen LogP contribution is 2.34. The molecule has 37 heavy (non-hydrogen) atoms. The molecule has 0 fully saturated rings. The van der Waals surface area contributed by atoms with Crippen LogP contribution in [0, 0.1) is 11.3 Å². The number of amides is 2. The first-order chi connectivity index (χ1) is 17.9. The maximum Gasteiger partial charge on any atom is 0.280 e. The number of ether oxygens (including phenoxy) is 2. The predicted octanol–water partition coefficient (Wildman–Crippen LogP) is 4.95. The Morgan fingerprint density at radius 1 is 1.11 bits per heavy atom. The van der Waals surface area contributed by atoms with E-state index in [1.54, 1.807) is 55.5 Å². The maximum absolute atomic E-state index is 13.2. The van der Waals surface area contributed by atoms with Crippen LogP contribution in [-0.2, 0) is 16.0 Å². The van der Waals surface area contributed by atoms with Crippen LogP contribution in [0.3, 0.4) is 0 Å². The Morgan fingerprint density at radius 2 is 1.84 bits per heavy atom. The van der Waals surface area contributed by atoms with E-state index in [2.05, 4.69) is 23.4 Å². The Labute approximate surface area is 215 Å². The van der Waals surface area contributed by atoms with Gasteiger partial charge < -0.3 is 14.8 Å². The van der Waals surface area contributed by atoms with Gasteiger partial charge in [-0.2, -0.15) is 15.4 Å². The summed E-state index contributed by atoms with van der Waals surface area (Å²) in [7, 11) is 1.51. The standard InChI is InChI=1S/C29H26N4O4/c1-4-20-8-12-23(13-9-20)31-27(34)18-37-28-22(6-5-7-26(28)36-3)16-25-19(2)32-33(29(25)35)24-14-10-21(17-30)11-15-24/h5-16H,4,18H2,1-3H3,(H,31,34). The molecule has 8 heteroatoms. The van der Waals surface area contributed by atoms with Crippen LogP contribution in [0.2, 0.25) is 0 Å². The molecule has 0 radical (unpaired) electrons. The van der Waals surface area contributed by atoms with E-state index in [0.717, 1.165) is 6.42 Å². The largest absolute Gasteiger partial charge is 0.493 e. The van der Waals surface area contributed by atoms with Gasteiger partial charge in [0.25, 0.3) is 11.8 Å². The SMILES string of the molecule is CCc1ccc(NC(=O)COc2c(C=C3C(=O)N(c4ccc(C#N)cc4)N=C3C)cccc2OC)cc1. The molecule has 0 bridgehead atoms. The number of para-hydroxylation sites is 1. The highest BCUT2D eigenvalue weighted by molar-refractivity contribution is 6.32. The molecule has 1 aliphatic rings. The van der Waals surface area contributed by atoms with E-state index in [4.69, 9.17) is 14.7 Å². The van der Waals surface area contributed by atoms with Crippen LogP contribution in [0.4, 0.5) is 11.4 Å². The van der Waals surface area contributed by atoms with Gasteiger partial charge in [-0.1, -0.05) is 31.2 Å². The Kier molecular flexibility index (Phi) is 7.65. The number of rotatable bonds is 8. The first-order valence-corrected chi connectivity index (χ1v) is 11.7. The number of carbonyl (C=O) groups is 2. The fourth-order valence-electron chi connectivity index (χ4n) is 3.81. The molecule has 1 heterocycles. The average molecular weight is 495 g/mol. The summed E-state index contributed by atoms with van der Waals surface area (Å²) in [4.78, 5) is 25.8. The van der Waals surface area contributed by atoms with Crippen LogP contribution in [0.1, 0.15) is 30.5 Å². The molecule has 0 saturated heterocycles. The first kappa shape index (κ1) is 25.2. The number of nitriles is 1. The normalized spacial score (nSPS) is 13.8. The van der Waals surface area contributed by atoms with Crippen LogP contribution < -0.4 is 19.8 Å². The summed E-state index contributed by atoms with van der Waals surface area (Å²) in [5.41, 5.74) is 4.38. The first-order valence-electron chi connectivity index (χ1n) is 11.7. The van der Waals surface area contributed by atoms with Crippen molar-refractivity contribution in [1.29, 1.82) is 5.26 Å². The zero-order valence-electron chi connectivity index (χ0n) is 20.8. The van der Waals surface area contributed by atoms with Crippen molar-refractivity contribution >= 4 is 35.0 Å². The predicted molar refractivity (Wildman–Crippen MR) is 143 cm³/mol. The van der Waals surface area contributed by atoms with Crippen molar-refractivity contribution in [3.05, 3.63) is 89.0 Å². The quantitative estimate of drug-likeness (QED) is 0.446. The van der Waals surface area contributed by atoms with Gasteiger partial charge in [-0.05, 0) is 67.4 Å². The summed E-state index contributed by atoms with van der Waals surface area (Å²) in [5, 5.41) is 17.5. The van der Waals surface area contributed by atoms with E-state index in [0.29, 0.717) is 45.3 Å². The molecule has 3 aromatic carbocycles. The van der Waals surface area contributed by atoms with Crippen molar-refractivity contribution in [2.45, 2.75) is 20.3 Å². The molecule has 1 aliphatic heterocycles. The van der Waals surface area contributed by atoms with Crippen LogP contribution in [0.15, 0.2) is 77.4 Å². The Morgan fingerprint density at radius 3 is 2.49 bits per heavy atom. The van der Waals surface area contributed by atoms with Crippen molar-refractivity contribution in [2.24, 2.45) is 5.10 Å². The summed E-state index contributed by atoms with van der Waals surface area (Å²) in [5.74, 6) is 0.129. The number of nitrogens with zero attached hydrogens (tertiary/aromatic N) is 3. The molecule has 186 valence electrons. The number of benzene rings is 3. The van der Waals surface area contributed by atoms with Gasteiger partial charge in [0.1, 0.15) is 0 Å². The lowest BCUT2D eigenvalue weighted by atomic mass is 10.1. The van der Waals surface area contributed by atoms with E-state index < -0.39 is 0 Å². The van der Waals surface area contributed by atoms with Gasteiger partial charge in [0.2, 0.25) is 0 Å². The minimum absolute atomic E-state index is 0.246. The van der Waals surface area contributed by atoms with Crippen LogP contribution in [0.25, 0.3) is 6.08 Å². The molecule has 0 spiro atoms. The summed E-state index contributed by atoms with van der Waals surface area (Å²) in [6, 6.07) is 21.6. The zero-order chi connectivity index (χ0) is 26.4. The van der Waals surface area contributed by atoms with Gasteiger partial charge in [0.15, 0.2) is 18.1 Å². The zero-order valence-corrected chi connectivity index (χ0v) is 20.8. The number of hydrazone groups is 1. The number of anilines is 2. The molecule has 0 saturated carbocycles. The van der Waals surface area contributed by atoms with Crippen LogP contribution >= 0.6 is 0 Å². The van der Waals surface area contributed by atoms with Gasteiger partial charge in [-0.15, -0.1) is 0 Å². The third-order valence-corrected chi connectivity index (χ3v) is 5.83. The second kappa shape index (κ2) is 11.2. The summed E-state index contributed by atoms with van der Waals surface area (Å²) in [6.07, 6.45) is 2.59. The molecular formula is C29H26N4O4. The third kappa shape index (κ3) is 5.68. The van der Waals surface area contributed by atoms with Crippen molar-refractivity contribution in [3.8, 4) is 17.6 Å². The van der Waals surface area contributed by atoms with Crippen molar-refractivity contribution in [2.75, 3.05) is 24.0 Å². The molecule has 0 aliphatic carbocycles. The summed E-state index contributed by atoms with van der Waals surface area (Å²) < 4.78 is 11.3. The highest BCUT2D eigenvalue weighted by atomic mass is 16.5. The Bertz CT molecular complexity index is 1420. The van der Waals surface area contributed by atoms with E-state index in [1.165, 1.54) is 17.7 Å². The number of nitrogens with one attached hydrogen (secondary N) is 1. The monoisotopic (exact) mass is 494 g/mol. The van der Waals surface area contributed by atoms with Gasteiger partial charge in [-0.3, -0.25) is 9.59 Å². The Balaban J connectivity index is 1.54. The maximum atomic E-state index is 13.2. The van der Waals surface area contributed by atoms with E-state index >= 15 is 0 Å². The topological polar surface area (TPSA) is 104 Å². The van der Waals surface area contributed by atoms with Gasteiger partial charge in [-0.25, -0.2) is 0 Å². The average Bonchev–Trinajstić information content (AvgIpc) is 3.21. The van der Waals surface area contributed by atoms with E-state index in [9.17, 15) is 9.59 Å². The second-order valence-electron chi connectivity index (χ2n) is 8.29. The molecule has 0 atom stereocenters. The summed E-state index contributed by atoms with van der Waals surface area (Å²) >= 11 is 0. The number of hydrogen-bond acceptors (Lipinski definition) is 6. The molecule has 3 aromatic rings. The third-order valence-electron chi connectivity index (χ3n) is 5.83. The number of methoxy groups -OCH3 is 1. The van der Waals surface area contributed by atoms with Crippen molar-refractivity contribution in [1.82, 2.24) is 0 Å². The van der Waals surface area contributed by atoms with Gasteiger partial charge in [0.05, 0.1) is 35.7 Å². The highest BCUT2D eigenvalue weighted by Gasteiger charge is 2.29.